The van der Waals surface area contributed by atoms with Crippen LogP contribution in [-0.4, -0.2) is 6.71 Å². The third-order valence-electron chi connectivity index (χ3n) is 19.6. The number of thiophene rings is 1. The Labute approximate surface area is 534 Å². The van der Waals surface area contributed by atoms with Gasteiger partial charge in [0.1, 0.15) is 0 Å². The fraction of sp³-hybridized carbons (Fsp3) is 0.119. The van der Waals surface area contributed by atoms with Gasteiger partial charge in [0.25, 0.3) is 6.71 Å². The first-order valence-corrected chi connectivity index (χ1v) is 31.8. The summed E-state index contributed by atoms with van der Waals surface area (Å²) in [4.78, 5) is 7.36. The summed E-state index contributed by atoms with van der Waals surface area (Å²) >= 11 is 1.85. The van der Waals surface area contributed by atoms with E-state index in [4.69, 9.17) is 1.37 Å². The highest BCUT2D eigenvalue weighted by molar-refractivity contribution is 7.33. The van der Waals surface area contributed by atoms with E-state index in [0.29, 0.717) is 5.56 Å². The number of hydrogen-bond donors (Lipinski definition) is 0. The molecule has 0 unspecified atom stereocenters. The second-order valence-corrected chi connectivity index (χ2v) is 27.5. The number of fused-ring (bicyclic) bond motifs is 12. The Morgan fingerprint density at radius 1 is 0.438 bits per heavy atom. The van der Waals surface area contributed by atoms with Crippen molar-refractivity contribution in [2.75, 3.05) is 14.7 Å². The molecule has 89 heavy (non-hydrogen) atoms. The lowest BCUT2D eigenvalue weighted by atomic mass is 9.36. The topological polar surface area (TPSA) is 9.72 Å². The molecule has 0 amide bonds. The predicted octanol–water partition coefficient (Wildman–Crippen LogP) is 21.4. The van der Waals surface area contributed by atoms with Crippen molar-refractivity contribution in [3.05, 3.63) is 301 Å². The number of anilines is 9. The second kappa shape index (κ2) is 19.8. The molecule has 12 aromatic carbocycles. The van der Waals surface area contributed by atoms with E-state index in [0.717, 1.165) is 100 Å². The largest absolute Gasteiger partial charge is 0.311 e. The fourth-order valence-corrected chi connectivity index (χ4v) is 16.7. The molecule has 0 bridgehead atoms. The van der Waals surface area contributed by atoms with Crippen LogP contribution < -0.4 is 30.4 Å². The molecule has 3 heterocycles. The van der Waals surface area contributed by atoms with Crippen molar-refractivity contribution in [2.45, 2.75) is 64.7 Å². The Morgan fingerprint density at radius 2 is 1.06 bits per heavy atom. The third-order valence-corrected chi connectivity index (χ3v) is 20.9. The maximum atomic E-state index is 9.83. The Kier molecular flexibility index (Phi) is 10.7. The summed E-state index contributed by atoms with van der Waals surface area (Å²) in [6.07, 6.45) is 0. The number of para-hydroxylation sites is 1. The quantitative estimate of drug-likeness (QED) is 0.140. The Bertz CT molecular complexity index is 5310. The van der Waals surface area contributed by atoms with E-state index >= 15 is 0 Å². The van der Waals surface area contributed by atoms with Crippen LogP contribution in [0.25, 0.3) is 65.7 Å². The van der Waals surface area contributed by atoms with Gasteiger partial charge in [-0.3, -0.25) is 0 Å². The van der Waals surface area contributed by atoms with Crippen molar-refractivity contribution in [3.63, 3.8) is 0 Å². The number of rotatable bonds is 8. The van der Waals surface area contributed by atoms with Crippen LogP contribution in [0.15, 0.2) is 273 Å². The molecule has 0 N–H and O–H groups in total. The van der Waals surface area contributed by atoms with Crippen LogP contribution in [-0.2, 0) is 16.2 Å². The van der Waals surface area contributed by atoms with Crippen LogP contribution in [0.3, 0.4) is 0 Å². The molecule has 3 nitrogen and oxygen atoms in total. The summed E-state index contributed by atoms with van der Waals surface area (Å²) in [5.41, 5.74) is 26.1. The highest BCUT2D eigenvalue weighted by atomic mass is 32.1. The summed E-state index contributed by atoms with van der Waals surface area (Å²) in [6, 6.07) is 86.9. The Morgan fingerprint density at radius 3 is 1.79 bits per heavy atom. The maximum absolute atomic E-state index is 9.83. The van der Waals surface area contributed by atoms with Gasteiger partial charge in [-0.1, -0.05) is 249 Å². The molecule has 0 spiro atoms. The Balaban J connectivity index is 1.02. The zero-order valence-corrected chi connectivity index (χ0v) is 51.7. The average molecular weight is 1170 g/mol. The van der Waals surface area contributed by atoms with Crippen LogP contribution in [0.1, 0.15) is 83.1 Å². The molecule has 0 saturated carbocycles. The molecular formula is C84H66BN3S. The zero-order chi connectivity index (χ0) is 64.4. The lowest BCUT2D eigenvalue weighted by Gasteiger charge is -2.45. The van der Waals surface area contributed by atoms with Crippen LogP contribution >= 0.6 is 11.3 Å². The minimum atomic E-state index is -0.465. The first-order valence-electron chi connectivity index (χ1n) is 33.5. The molecule has 4 aliphatic rings. The van der Waals surface area contributed by atoms with Gasteiger partial charge in [-0.2, -0.15) is 0 Å². The SMILES string of the molecule is [2H]c1c([2H])c([2H])c(-c2cc3c4c(c2)N(c2ccc5c(c2)C(C)(C)c2ccccc2-5)c2c(sc5ccc(-c6ccccc6)cc25)B4c2ccc(N(c4ccc(C(C)(C)C)cc4)c4ccccc4-c4ccccc4)cc2N3c2cccc3c2C(C)(C)c2ccccc2-3)c([2H])c1[2H]. The van der Waals surface area contributed by atoms with Gasteiger partial charge >= 0.3 is 0 Å². The van der Waals surface area contributed by atoms with Gasteiger partial charge < -0.3 is 14.7 Å². The normalized spacial score (nSPS) is 15.1. The van der Waals surface area contributed by atoms with Gasteiger partial charge in [0.15, 0.2) is 0 Å². The molecule has 13 aromatic rings. The molecule has 5 heteroatoms. The zero-order valence-electron chi connectivity index (χ0n) is 55.9. The van der Waals surface area contributed by atoms with Gasteiger partial charge in [-0.05, 0) is 167 Å². The van der Waals surface area contributed by atoms with E-state index in [2.05, 4.69) is 306 Å². The van der Waals surface area contributed by atoms with Crippen molar-refractivity contribution >= 4 is 95.0 Å². The molecule has 17 rings (SSSR count). The molecule has 0 fully saturated rings. The molecular weight excluding hydrogens is 1090 g/mol. The maximum Gasteiger partial charge on any atom is 0.264 e. The van der Waals surface area contributed by atoms with Crippen LogP contribution in [0.5, 0.6) is 0 Å². The first-order chi connectivity index (χ1) is 45.4. The second-order valence-electron chi connectivity index (χ2n) is 26.5. The number of hydrogen-bond acceptors (Lipinski definition) is 4. The number of benzene rings is 12. The van der Waals surface area contributed by atoms with Crippen molar-refractivity contribution < 1.29 is 6.85 Å². The third kappa shape index (κ3) is 8.11. The molecule has 1 aromatic heterocycles. The van der Waals surface area contributed by atoms with Gasteiger partial charge in [0.2, 0.25) is 0 Å². The summed E-state index contributed by atoms with van der Waals surface area (Å²) in [5.74, 6) is 0. The van der Waals surface area contributed by atoms with Gasteiger partial charge in [0.05, 0.1) is 23.9 Å². The molecule has 426 valence electrons. The van der Waals surface area contributed by atoms with Crippen molar-refractivity contribution in [1.29, 1.82) is 0 Å². The number of nitrogens with zero attached hydrogens (tertiary/aromatic N) is 3. The van der Waals surface area contributed by atoms with Crippen LogP contribution in [0.2, 0.25) is 0 Å². The van der Waals surface area contributed by atoms with E-state index in [1.54, 1.807) is 0 Å². The predicted molar refractivity (Wildman–Crippen MR) is 381 cm³/mol. The Hall–Kier alpha value is -9.94. The van der Waals surface area contributed by atoms with E-state index in [1.165, 1.54) is 49.3 Å². The first kappa shape index (κ1) is 48.1. The van der Waals surface area contributed by atoms with Crippen LogP contribution in [0.4, 0.5) is 51.2 Å². The van der Waals surface area contributed by atoms with Gasteiger partial charge in [-0.25, -0.2) is 0 Å². The minimum absolute atomic E-state index is 0.0750. The van der Waals surface area contributed by atoms with Crippen LogP contribution in [0, 0.1) is 0 Å². The van der Waals surface area contributed by atoms with Crippen molar-refractivity contribution in [1.82, 2.24) is 0 Å². The summed E-state index contributed by atoms with van der Waals surface area (Å²) < 4.78 is 49.4. The lowest BCUT2D eigenvalue weighted by Crippen LogP contribution is -2.60. The van der Waals surface area contributed by atoms with E-state index in [-0.39, 0.29) is 47.3 Å². The highest BCUT2D eigenvalue weighted by Gasteiger charge is 2.48. The van der Waals surface area contributed by atoms with Gasteiger partial charge in [-0.15, -0.1) is 11.3 Å². The fourth-order valence-electron chi connectivity index (χ4n) is 15.4. The lowest BCUT2D eigenvalue weighted by molar-refractivity contribution is 0.590. The van der Waals surface area contributed by atoms with Crippen molar-refractivity contribution in [3.8, 4) is 55.6 Å². The summed E-state index contributed by atoms with van der Waals surface area (Å²) in [5, 5.41) is 1.10. The summed E-state index contributed by atoms with van der Waals surface area (Å²) in [6.45, 7) is 15.8. The van der Waals surface area contributed by atoms with Crippen molar-refractivity contribution in [2.24, 2.45) is 0 Å². The van der Waals surface area contributed by atoms with E-state index in [9.17, 15) is 5.48 Å². The molecule has 2 aliphatic carbocycles. The average Bonchev–Trinajstić information content (AvgIpc) is 1.28. The molecule has 0 radical (unpaired) electrons. The summed E-state index contributed by atoms with van der Waals surface area (Å²) in [7, 11) is 0. The minimum Gasteiger partial charge on any atom is -0.311 e. The van der Waals surface area contributed by atoms with E-state index < -0.39 is 11.5 Å². The monoisotopic (exact) mass is 1160 g/mol. The molecule has 0 saturated heterocycles. The molecule has 2 aliphatic heterocycles. The highest BCUT2D eigenvalue weighted by Crippen LogP contribution is 2.58. The standard InChI is InChI=1S/C84H66BN3S/c1-82(2,3)58-39-41-59(42-40-58)86(72-36-22-19-30-62(72)55-28-15-10-16-29-55)61-44-46-71-74(52-61)88(73-37-23-33-66-64-32-18-21-35-69(64)84(6,7)78(66)73)76-50-57(54-26-13-9-14-27-54)49-75-79(76)85(71)81-80(67-48-56(38-47-77(67)89-81)53-24-11-8-12-25-53)87(75)60-43-45-65-63-31-17-20-34-68(63)83(4,5)70(65)51-60/h8-52H,1-7H3/i9D,13D,14D,26D,27D. The van der Waals surface area contributed by atoms with Gasteiger partial charge in [0, 0.05) is 65.4 Å². The van der Waals surface area contributed by atoms with E-state index in [1.807, 2.05) is 11.3 Å². The smallest absolute Gasteiger partial charge is 0.264 e. The molecule has 0 atom stereocenters.